The molecule has 0 atom stereocenters. The molecule has 1 aromatic heterocycles. The SMILES string of the molecule is COCC1(CNC(=O)Cc2csc(-c3ccccc3Cl)n2)CCNCC1.Cl.Cl. The summed E-state index contributed by atoms with van der Waals surface area (Å²) in [5.41, 5.74) is 1.70. The minimum atomic E-state index is -0.00461. The molecule has 1 aromatic carbocycles. The van der Waals surface area contributed by atoms with E-state index < -0.39 is 0 Å². The number of ether oxygens (including phenoxy) is 1. The Morgan fingerprint density at radius 2 is 2.04 bits per heavy atom. The van der Waals surface area contributed by atoms with Crippen molar-refractivity contribution in [3.8, 4) is 10.6 Å². The van der Waals surface area contributed by atoms with Crippen LogP contribution in [-0.4, -0.2) is 44.2 Å². The number of nitrogens with zero attached hydrogens (tertiary/aromatic N) is 1. The van der Waals surface area contributed by atoms with Crippen molar-refractivity contribution in [2.45, 2.75) is 19.3 Å². The summed E-state index contributed by atoms with van der Waals surface area (Å²) >= 11 is 7.73. The molecule has 1 aliphatic rings. The summed E-state index contributed by atoms with van der Waals surface area (Å²) in [5, 5.41) is 9.88. The zero-order valence-corrected chi connectivity index (χ0v) is 18.9. The van der Waals surface area contributed by atoms with Gasteiger partial charge in [0, 0.05) is 30.0 Å². The zero-order valence-electron chi connectivity index (χ0n) is 15.7. The highest BCUT2D eigenvalue weighted by Crippen LogP contribution is 2.30. The molecule has 1 aliphatic heterocycles. The predicted molar refractivity (Wildman–Crippen MR) is 120 cm³/mol. The first kappa shape index (κ1) is 25.1. The van der Waals surface area contributed by atoms with Crippen LogP contribution in [0.3, 0.4) is 0 Å². The van der Waals surface area contributed by atoms with Crippen molar-refractivity contribution in [2.75, 3.05) is 33.4 Å². The molecule has 2 aromatic rings. The lowest BCUT2D eigenvalue weighted by atomic mass is 9.79. The van der Waals surface area contributed by atoms with Crippen LogP contribution in [0.15, 0.2) is 29.6 Å². The number of hydrogen-bond acceptors (Lipinski definition) is 5. The van der Waals surface area contributed by atoms with Gasteiger partial charge in [0.25, 0.3) is 0 Å². The van der Waals surface area contributed by atoms with Crippen molar-refractivity contribution >= 4 is 53.7 Å². The van der Waals surface area contributed by atoms with E-state index in [4.69, 9.17) is 16.3 Å². The lowest BCUT2D eigenvalue weighted by molar-refractivity contribution is -0.121. The first-order chi connectivity index (χ1) is 12.6. The molecule has 0 bridgehead atoms. The predicted octanol–water partition coefficient (Wildman–Crippen LogP) is 3.98. The highest BCUT2D eigenvalue weighted by atomic mass is 35.5. The maximum absolute atomic E-state index is 12.4. The topological polar surface area (TPSA) is 63.2 Å². The fraction of sp³-hybridized carbons (Fsp3) is 0.474. The van der Waals surface area contributed by atoms with Crippen molar-refractivity contribution in [1.29, 1.82) is 0 Å². The number of aromatic nitrogens is 1. The highest BCUT2D eigenvalue weighted by Gasteiger charge is 2.32. The average molecular weight is 467 g/mol. The van der Waals surface area contributed by atoms with Crippen molar-refractivity contribution < 1.29 is 9.53 Å². The normalized spacial score (nSPS) is 15.2. The van der Waals surface area contributed by atoms with Crippen LogP contribution < -0.4 is 10.6 Å². The number of amides is 1. The summed E-state index contributed by atoms with van der Waals surface area (Å²) in [6.45, 7) is 3.24. The van der Waals surface area contributed by atoms with Crippen molar-refractivity contribution in [1.82, 2.24) is 15.6 Å². The Morgan fingerprint density at radius 3 is 2.71 bits per heavy atom. The van der Waals surface area contributed by atoms with E-state index in [9.17, 15) is 4.79 Å². The molecule has 0 unspecified atom stereocenters. The molecule has 0 saturated carbocycles. The summed E-state index contributed by atoms with van der Waals surface area (Å²) in [6.07, 6.45) is 2.30. The molecule has 0 aliphatic carbocycles. The highest BCUT2D eigenvalue weighted by molar-refractivity contribution is 7.13. The van der Waals surface area contributed by atoms with Gasteiger partial charge in [-0.25, -0.2) is 4.98 Å². The monoisotopic (exact) mass is 465 g/mol. The van der Waals surface area contributed by atoms with Crippen LogP contribution in [-0.2, 0) is 16.0 Å². The smallest absolute Gasteiger partial charge is 0.226 e. The Kier molecular flexibility index (Phi) is 10.7. The standard InChI is InChI=1S/C19H24ClN3O2S.2ClH/c1-25-13-19(6-8-21-9-7-19)12-22-17(24)10-14-11-26-18(23-14)15-4-2-3-5-16(15)20;;/h2-5,11,21H,6-10,12-13H2,1H3,(H,22,24);2*1H. The first-order valence-corrected chi connectivity index (χ1v) is 10.0. The molecular formula is C19H26Cl3N3O2S. The number of halogens is 3. The maximum Gasteiger partial charge on any atom is 0.226 e. The third-order valence-corrected chi connectivity index (χ3v) is 6.03. The molecule has 2 N–H and O–H groups in total. The van der Waals surface area contributed by atoms with Gasteiger partial charge in [-0.2, -0.15) is 0 Å². The molecule has 0 radical (unpaired) electrons. The second-order valence-electron chi connectivity index (χ2n) is 6.76. The van der Waals surface area contributed by atoms with Crippen LogP contribution >= 0.6 is 47.8 Å². The van der Waals surface area contributed by atoms with Gasteiger partial charge in [-0.15, -0.1) is 36.2 Å². The fourth-order valence-electron chi connectivity index (χ4n) is 3.30. The minimum absolute atomic E-state index is 0. The van der Waals surface area contributed by atoms with Gasteiger partial charge in [0.05, 0.1) is 23.7 Å². The molecule has 9 heteroatoms. The molecule has 3 rings (SSSR count). The van der Waals surface area contributed by atoms with E-state index in [-0.39, 0.29) is 42.6 Å². The van der Waals surface area contributed by atoms with Crippen LogP contribution in [0.2, 0.25) is 5.02 Å². The number of methoxy groups -OCH3 is 1. The quantitative estimate of drug-likeness (QED) is 0.648. The number of hydrogen-bond donors (Lipinski definition) is 2. The largest absolute Gasteiger partial charge is 0.384 e. The zero-order chi connectivity index (χ0) is 18.4. The lowest BCUT2D eigenvalue weighted by Gasteiger charge is -2.37. The second kappa shape index (κ2) is 12.0. The van der Waals surface area contributed by atoms with Gasteiger partial charge < -0.3 is 15.4 Å². The van der Waals surface area contributed by atoms with E-state index in [0.29, 0.717) is 18.2 Å². The number of piperidine rings is 1. The Labute approximate surface area is 187 Å². The van der Waals surface area contributed by atoms with Crippen molar-refractivity contribution in [3.05, 3.63) is 40.4 Å². The van der Waals surface area contributed by atoms with Crippen molar-refractivity contribution in [2.24, 2.45) is 5.41 Å². The number of carbonyl (C=O) groups is 1. The van der Waals surface area contributed by atoms with E-state index in [2.05, 4.69) is 15.6 Å². The second-order valence-corrected chi connectivity index (χ2v) is 8.03. The molecule has 1 fully saturated rings. The Bertz CT molecular complexity index is 746. The van der Waals surface area contributed by atoms with Gasteiger partial charge in [0.15, 0.2) is 0 Å². The Balaban J connectivity index is 0.00000196. The summed E-state index contributed by atoms with van der Waals surface area (Å²) in [6, 6.07) is 7.61. The molecule has 1 saturated heterocycles. The number of nitrogens with one attached hydrogen (secondary N) is 2. The molecular weight excluding hydrogens is 441 g/mol. The van der Waals surface area contributed by atoms with Gasteiger partial charge in [-0.05, 0) is 32.0 Å². The number of rotatable bonds is 7. The minimum Gasteiger partial charge on any atom is -0.384 e. The van der Waals surface area contributed by atoms with Crippen molar-refractivity contribution in [3.63, 3.8) is 0 Å². The van der Waals surface area contributed by atoms with Gasteiger partial charge in [-0.3, -0.25) is 4.79 Å². The Morgan fingerprint density at radius 1 is 1.32 bits per heavy atom. The van der Waals surface area contributed by atoms with Crippen LogP contribution in [0, 0.1) is 5.41 Å². The first-order valence-electron chi connectivity index (χ1n) is 8.78. The van der Waals surface area contributed by atoms with E-state index in [1.165, 1.54) is 11.3 Å². The van der Waals surface area contributed by atoms with Crippen LogP contribution in [0.5, 0.6) is 0 Å². The third kappa shape index (κ3) is 6.58. The summed E-state index contributed by atoms with van der Waals surface area (Å²) < 4.78 is 5.40. The lowest BCUT2D eigenvalue weighted by Crippen LogP contribution is -2.47. The van der Waals surface area contributed by atoms with E-state index in [1.807, 2.05) is 29.6 Å². The van der Waals surface area contributed by atoms with E-state index in [1.54, 1.807) is 7.11 Å². The van der Waals surface area contributed by atoms with Crippen LogP contribution in [0.25, 0.3) is 10.6 Å². The number of benzene rings is 1. The van der Waals surface area contributed by atoms with Gasteiger partial charge in [0.1, 0.15) is 5.01 Å². The third-order valence-electron chi connectivity index (χ3n) is 4.77. The summed E-state index contributed by atoms with van der Waals surface area (Å²) in [5.74, 6) is -0.00461. The van der Waals surface area contributed by atoms with Gasteiger partial charge in [-0.1, -0.05) is 29.8 Å². The molecule has 2 heterocycles. The molecule has 28 heavy (non-hydrogen) atoms. The number of thiazole rings is 1. The molecule has 0 spiro atoms. The van der Waals surface area contributed by atoms with Crippen LogP contribution in [0.4, 0.5) is 0 Å². The number of carbonyl (C=O) groups excluding carboxylic acids is 1. The van der Waals surface area contributed by atoms with Gasteiger partial charge in [0.2, 0.25) is 5.91 Å². The maximum atomic E-state index is 12.4. The van der Waals surface area contributed by atoms with E-state index in [0.717, 1.165) is 42.2 Å². The van der Waals surface area contributed by atoms with Gasteiger partial charge >= 0.3 is 0 Å². The average Bonchev–Trinajstić information content (AvgIpc) is 3.10. The van der Waals surface area contributed by atoms with E-state index >= 15 is 0 Å². The summed E-state index contributed by atoms with van der Waals surface area (Å²) in [7, 11) is 1.72. The molecule has 5 nitrogen and oxygen atoms in total. The molecule has 156 valence electrons. The fourth-order valence-corrected chi connectivity index (χ4v) is 4.43. The molecule has 1 amide bonds. The van der Waals surface area contributed by atoms with Crippen LogP contribution in [0.1, 0.15) is 18.5 Å². The summed E-state index contributed by atoms with van der Waals surface area (Å²) in [4.78, 5) is 17.0. The Hall–Kier alpha value is -0.890.